The third-order valence-electron chi connectivity index (χ3n) is 3.39. The second-order valence-corrected chi connectivity index (χ2v) is 4.26. The summed E-state index contributed by atoms with van der Waals surface area (Å²) in [5, 5.41) is 0. The molecule has 0 aliphatic heterocycles. The smallest absolute Gasteiger partial charge is 0.320 e. The monoisotopic (exact) mass is 286 g/mol. The SMILES string of the molecule is COC(=O)C(C(=O)OC)C1CC(=O)C=CC1(OC)OC. The molecule has 7 heteroatoms. The van der Waals surface area contributed by atoms with Gasteiger partial charge in [-0.15, -0.1) is 0 Å². The predicted octanol–water partition coefficient (Wildman–Crippen LogP) is 0.0829. The molecule has 0 radical (unpaired) electrons. The highest BCUT2D eigenvalue weighted by atomic mass is 16.7. The van der Waals surface area contributed by atoms with Gasteiger partial charge in [0.2, 0.25) is 0 Å². The van der Waals surface area contributed by atoms with Gasteiger partial charge >= 0.3 is 11.9 Å². The molecule has 1 unspecified atom stereocenters. The van der Waals surface area contributed by atoms with Gasteiger partial charge in [-0.05, 0) is 12.2 Å². The van der Waals surface area contributed by atoms with Crippen molar-refractivity contribution >= 4 is 17.7 Å². The predicted molar refractivity (Wildman–Crippen MR) is 66.5 cm³/mol. The molecular weight excluding hydrogens is 268 g/mol. The summed E-state index contributed by atoms with van der Waals surface area (Å²) < 4.78 is 19.8. The molecular formula is C13H18O7. The number of hydrogen-bond donors (Lipinski definition) is 0. The Morgan fingerprint density at radius 3 is 2.05 bits per heavy atom. The summed E-state index contributed by atoms with van der Waals surface area (Å²) >= 11 is 0. The summed E-state index contributed by atoms with van der Waals surface area (Å²) in [6, 6.07) is 0. The highest BCUT2D eigenvalue weighted by Crippen LogP contribution is 2.37. The van der Waals surface area contributed by atoms with E-state index in [4.69, 9.17) is 9.47 Å². The van der Waals surface area contributed by atoms with Crippen LogP contribution < -0.4 is 0 Å². The molecule has 1 aliphatic carbocycles. The number of methoxy groups -OCH3 is 4. The van der Waals surface area contributed by atoms with Gasteiger partial charge in [-0.1, -0.05) is 0 Å². The van der Waals surface area contributed by atoms with Crippen LogP contribution in [0.2, 0.25) is 0 Å². The van der Waals surface area contributed by atoms with Crippen molar-refractivity contribution in [3.8, 4) is 0 Å². The van der Waals surface area contributed by atoms with Gasteiger partial charge in [0.25, 0.3) is 0 Å². The maximum absolute atomic E-state index is 11.9. The summed E-state index contributed by atoms with van der Waals surface area (Å²) in [7, 11) is 5.03. The minimum atomic E-state index is -1.36. The fourth-order valence-corrected chi connectivity index (χ4v) is 2.31. The second-order valence-electron chi connectivity index (χ2n) is 4.26. The van der Waals surface area contributed by atoms with Crippen LogP contribution in [0.15, 0.2) is 12.2 Å². The van der Waals surface area contributed by atoms with E-state index in [0.717, 1.165) is 14.2 Å². The summed E-state index contributed by atoms with van der Waals surface area (Å²) in [6.45, 7) is 0. The second kappa shape index (κ2) is 6.62. The van der Waals surface area contributed by atoms with Crippen LogP contribution in [0, 0.1) is 11.8 Å². The molecule has 0 spiro atoms. The molecule has 0 aromatic rings. The number of hydrogen-bond acceptors (Lipinski definition) is 7. The molecule has 112 valence electrons. The molecule has 0 saturated carbocycles. The van der Waals surface area contributed by atoms with Crippen molar-refractivity contribution in [2.45, 2.75) is 12.2 Å². The number of rotatable bonds is 5. The maximum atomic E-state index is 11.9. The fourth-order valence-electron chi connectivity index (χ4n) is 2.31. The molecule has 1 aliphatic rings. The number of carbonyl (C=O) groups is 3. The number of ether oxygens (including phenoxy) is 4. The molecule has 0 aromatic carbocycles. The largest absolute Gasteiger partial charge is 0.468 e. The maximum Gasteiger partial charge on any atom is 0.320 e. The first-order valence-corrected chi connectivity index (χ1v) is 5.93. The Labute approximate surface area is 116 Å². The standard InChI is InChI=1S/C13H18O7/c1-17-11(15)10(12(16)18-2)9-7-8(14)5-6-13(9,19-3)20-4/h5-6,9-10H,7H2,1-4H3. The molecule has 0 bridgehead atoms. The van der Waals surface area contributed by atoms with Crippen molar-refractivity contribution in [3.63, 3.8) is 0 Å². The molecule has 1 atom stereocenters. The van der Waals surface area contributed by atoms with Gasteiger partial charge in [-0.2, -0.15) is 0 Å². The van der Waals surface area contributed by atoms with Crippen molar-refractivity contribution in [1.82, 2.24) is 0 Å². The van der Waals surface area contributed by atoms with Gasteiger partial charge in [0, 0.05) is 26.6 Å². The van der Waals surface area contributed by atoms with Crippen molar-refractivity contribution in [2.75, 3.05) is 28.4 Å². The zero-order valence-electron chi connectivity index (χ0n) is 11.9. The van der Waals surface area contributed by atoms with Crippen molar-refractivity contribution in [1.29, 1.82) is 0 Å². The van der Waals surface area contributed by atoms with E-state index in [2.05, 4.69) is 9.47 Å². The summed E-state index contributed by atoms with van der Waals surface area (Å²) in [6.07, 6.45) is 2.60. The number of carbonyl (C=O) groups excluding carboxylic acids is 3. The van der Waals surface area contributed by atoms with Crippen molar-refractivity contribution in [3.05, 3.63) is 12.2 Å². The van der Waals surface area contributed by atoms with E-state index in [-0.39, 0.29) is 12.2 Å². The normalized spacial score (nSPS) is 20.9. The average Bonchev–Trinajstić information content (AvgIpc) is 2.48. The van der Waals surface area contributed by atoms with E-state index in [9.17, 15) is 14.4 Å². The fraction of sp³-hybridized carbons (Fsp3) is 0.615. The minimum absolute atomic E-state index is 0.0902. The molecule has 0 N–H and O–H groups in total. The lowest BCUT2D eigenvalue weighted by Gasteiger charge is -2.39. The van der Waals surface area contributed by atoms with Gasteiger partial charge < -0.3 is 18.9 Å². The minimum Gasteiger partial charge on any atom is -0.468 e. The van der Waals surface area contributed by atoms with Crippen molar-refractivity contribution < 1.29 is 33.3 Å². The van der Waals surface area contributed by atoms with Crippen LogP contribution in [0.1, 0.15) is 6.42 Å². The van der Waals surface area contributed by atoms with Crippen LogP contribution in [0.5, 0.6) is 0 Å². The third-order valence-corrected chi connectivity index (χ3v) is 3.39. The molecule has 0 amide bonds. The summed E-state index contributed by atoms with van der Waals surface area (Å²) in [5.41, 5.74) is 0. The van der Waals surface area contributed by atoms with Gasteiger partial charge in [-0.3, -0.25) is 14.4 Å². The number of allylic oxidation sites excluding steroid dienone is 1. The van der Waals surface area contributed by atoms with E-state index in [1.807, 2.05) is 0 Å². The van der Waals surface area contributed by atoms with E-state index in [0.29, 0.717) is 0 Å². The topological polar surface area (TPSA) is 88.1 Å². The quantitative estimate of drug-likeness (QED) is 0.402. The first-order valence-electron chi connectivity index (χ1n) is 5.93. The summed E-state index contributed by atoms with van der Waals surface area (Å²) in [5.74, 6) is -5.38. The third kappa shape index (κ3) is 2.88. The molecule has 0 aromatic heterocycles. The number of esters is 2. The highest BCUT2D eigenvalue weighted by Gasteiger charge is 2.51. The Hall–Kier alpha value is -1.73. The first kappa shape index (κ1) is 16.3. The zero-order valence-corrected chi connectivity index (χ0v) is 11.9. The Morgan fingerprint density at radius 1 is 1.15 bits per heavy atom. The van der Waals surface area contributed by atoms with Gasteiger partial charge in [0.15, 0.2) is 17.5 Å². The molecule has 1 rings (SSSR count). The Bertz CT molecular complexity index is 406. The Morgan fingerprint density at radius 2 is 1.65 bits per heavy atom. The van der Waals surface area contributed by atoms with Crippen LogP contribution in [0.3, 0.4) is 0 Å². The Balaban J connectivity index is 3.27. The van der Waals surface area contributed by atoms with Gasteiger partial charge in [0.05, 0.1) is 14.2 Å². The van der Waals surface area contributed by atoms with E-state index in [1.165, 1.54) is 26.4 Å². The van der Waals surface area contributed by atoms with Gasteiger partial charge in [0.1, 0.15) is 0 Å². The first-order chi connectivity index (χ1) is 9.45. The highest BCUT2D eigenvalue weighted by molar-refractivity contribution is 5.98. The lowest BCUT2D eigenvalue weighted by Crippen LogP contribution is -2.51. The average molecular weight is 286 g/mol. The van der Waals surface area contributed by atoms with Crippen LogP contribution >= 0.6 is 0 Å². The van der Waals surface area contributed by atoms with Crippen LogP contribution in [0.4, 0.5) is 0 Å². The van der Waals surface area contributed by atoms with E-state index in [1.54, 1.807) is 0 Å². The van der Waals surface area contributed by atoms with Crippen LogP contribution in [0.25, 0.3) is 0 Å². The summed E-state index contributed by atoms with van der Waals surface area (Å²) in [4.78, 5) is 35.4. The zero-order chi connectivity index (χ0) is 15.3. The van der Waals surface area contributed by atoms with E-state index < -0.39 is 29.6 Å². The van der Waals surface area contributed by atoms with Crippen LogP contribution in [-0.2, 0) is 33.3 Å². The van der Waals surface area contributed by atoms with Crippen LogP contribution in [-0.4, -0.2) is 51.9 Å². The molecule has 0 fully saturated rings. The lowest BCUT2D eigenvalue weighted by atomic mass is 9.77. The molecule has 7 nitrogen and oxygen atoms in total. The lowest BCUT2D eigenvalue weighted by molar-refractivity contribution is -0.224. The van der Waals surface area contributed by atoms with Crippen molar-refractivity contribution in [2.24, 2.45) is 11.8 Å². The Kier molecular flexibility index (Phi) is 5.41. The van der Waals surface area contributed by atoms with E-state index >= 15 is 0 Å². The molecule has 0 heterocycles. The molecule has 20 heavy (non-hydrogen) atoms. The number of ketones is 1. The van der Waals surface area contributed by atoms with Gasteiger partial charge in [-0.25, -0.2) is 0 Å². The molecule has 0 saturated heterocycles.